The van der Waals surface area contributed by atoms with E-state index in [1.807, 2.05) is 48.5 Å². The largest absolute Gasteiger partial charge is 0.454 e. The summed E-state index contributed by atoms with van der Waals surface area (Å²) in [5.41, 5.74) is 4.29. The van der Waals surface area contributed by atoms with Gasteiger partial charge in [-0.25, -0.2) is 0 Å². The maximum atomic E-state index is 7.79. The fourth-order valence-corrected chi connectivity index (χ4v) is 2.70. The van der Waals surface area contributed by atoms with Gasteiger partial charge in [0.15, 0.2) is 5.58 Å². The second-order valence-electron chi connectivity index (χ2n) is 4.98. The maximum Gasteiger partial charge on any atom is 0.153 e. The van der Waals surface area contributed by atoms with Crippen LogP contribution in [0.3, 0.4) is 0 Å². The molecule has 2 aromatic carbocycles. The third-order valence-corrected chi connectivity index (χ3v) is 3.79. The van der Waals surface area contributed by atoms with Gasteiger partial charge in [0.05, 0.1) is 6.20 Å². The number of para-hydroxylation sites is 1. The molecule has 4 aromatic rings. The molecule has 102 valence electrons. The molecule has 2 nitrogen and oxygen atoms in total. The zero-order valence-electron chi connectivity index (χ0n) is 13.6. The number of hydrogen-bond donors (Lipinski definition) is 0. The second kappa shape index (κ2) is 4.74. The lowest BCUT2D eigenvalue weighted by Gasteiger charge is -2.04. The highest BCUT2D eigenvalue weighted by Crippen LogP contribution is 2.35. The van der Waals surface area contributed by atoms with Gasteiger partial charge in [0.2, 0.25) is 0 Å². The fourth-order valence-electron chi connectivity index (χ4n) is 2.70. The highest BCUT2D eigenvalue weighted by atomic mass is 16.3. The third-order valence-electron chi connectivity index (χ3n) is 3.79. The van der Waals surface area contributed by atoms with E-state index in [1.54, 1.807) is 19.3 Å². The van der Waals surface area contributed by atoms with Crippen LogP contribution in [0.4, 0.5) is 0 Å². The molecule has 0 atom stereocenters. The summed E-state index contributed by atoms with van der Waals surface area (Å²) in [6.07, 6.45) is 2.16. The number of nitrogens with zero attached hydrogens (tertiary/aromatic N) is 1. The van der Waals surface area contributed by atoms with E-state index in [2.05, 4.69) is 4.98 Å². The van der Waals surface area contributed by atoms with Gasteiger partial charge >= 0.3 is 0 Å². The van der Waals surface area contributed by atoms with E-state index in [4.69, 9.17) is 7.16 Å². The minimum Gasteiger partial charge on any atom is -0.454 e. The lowest BCUT2D eigenvalue weighted by molar-refractivity contribution is 0.668. The Bertz CT molecular complexity index is 997. The Morgan fingerprint density at radius 1 is 1.05 bits per heavy atom. The summed E-state index contributed by atoms with van der Waals surface area (Å²) >= 11 is 0. The summed E-state index contributed by atoms with van der Waals surface area (Å²) in [6.45, 7) is 1.56. The molecule has 21 heavy (non-hydrogen) atoms. The van der Waals surface area contributed by atoms with Gasteiger partial charge in [0.1, 0.15) is 5.58 Å². The average Bonchev–Trinajstić information content (AvgIpc) is 2.93. The summed E-state index contributed by atoms with van der Waals surface area (Å²) in [6, 6.07) is 15.6. The van der Waals surface area contributed by atoms with Crippen molar-refractivity contribution >= 4 is 21.9 Å². The first-order valence-corrected chi connectivity index (χ1v) is 6.90. The van der Waals surface area contributed by atoms with Crippen molar-refractivity contribution in [1.82, 2.24) is 4.98 Å². The van der Waals surface area contributed by atoms with Gasteiger partial charge in [-0.3, -0.25) is 4.98 Å². The van der Waals surface area contributed by atoms with Gasteiger partial charge in [-0.15, -0.1) is 0 Å². The molecule has 2 heteroatoms. The number of hydrogen-bond acceptors (Lipinski definition) is 2. The summed E-state index contributed by atoms with van der Waals surface area (Å²) in [7, 11) is 0. The van der Waals surface area contributed by atoms with Crippen molar-refractivity contribution in [1.29, 1.82) is 0 Å². The summed E-state index contributed by atoms with van der Waals surface area (Å²) < 4.78 is 21.6. The van der Waals surface area contributed by atoms with Gasteiger partial charge in [0.25, 0.3) is 0 Å². The van der Waals surface area contributed by atoms with E-state index in [0.29, 0.717) is 5.56 Å². The van der Waals surface area contributed by atoms with Gasteiger partial charge in [0, 0.05) is 25.3 Å². The minimum absolute atomic E-state index is 0.669. The first kappa shape index (κ1) is 10.2. The molecule has 0 bridgehead atoms. The summed E-state index contributed by atoms with van der Waals surface area (Å²) in [5, 5.41) is 2.12. The van der Waals surface area contributed by atoms with Crippen molar-refractivity contribution in [3.63, 3.8) is 0 Å². The van der Waals surface area contributed by atoms with Gasteiger partial charge in [-0.2, -0.15) is 0 Å². The molecule has 0 N–H and O–H groups in total. The minimum atomic E-state index is -1.34. The topological polar surface area (TPSA) is 26.0 Å². The molecule has 0 saturated carbocycles. The number of benzene rings is 2. The molecule has 0 spiro atoms. The van der Waals surface area contributed by atoms with Crippen molar-refractivity contribution in [2.45, 2.75) is 13.3 Å². The third kappa shape index (κ3) is 1.91. The van der Waals surface area contributed by atoms with Crippen LogP contribution in [0.2, 0.25) is 0 Å². The zero-order chi connectivity index (χ0) is 16.0. The van der Waals surface area contributed by atoms with Crippen molar-refractivity contribution in [2.75, 3.05) is 0 Å². The van der Waals surface area contributed by atoms with E-state index < -0.39 is 6.37 Å². The standard InChI is InChI=1S/C19H15NO/c1-2-13-6-8-14(9-7-13)15-4-3-5-17-16-10-11-20-12-18(16)21-19(15)17/h3-12H,2H2,1H3/i2D2. The molecule has 0 aliphatic heterocycles. The van der Waals surface area contributed by atoms with Crippen LogP contribution in [0.15, 0.2) is 65.3 Å². The van der Waals surface area contributed by atoms with Gasteiger partial charge < -0.3 is 4.42 Å². The van der Waals surface area contributed by atoms with Crippen LogP contribution >= 0.6 is 0 Å². The average molecular weight is 275 g/mol. The zero-order valence-corrected chi connectivity index (χ0v) is 11.6. The van der Waals surface area contributed by atoms with Crippen LogP contribution in [0.1, 0.15) is 15.2 Å². The molecule has 0 aliphatic carbocycles. The van der Waals surface area contributed by atoms with Crippen LogP contribution in [-0.4, -0.2) is 4.98 Å². The number of pyridine rings is 1. The van der Waals surface area contributed by atoms with Gasteiger partial charge in [-0.1, -0.05) is 49.4 Å². The molecule has 4 rings (SSSR count). The van der Waals surface area contributed by atoms with Crippen LogP contribution in [-0.2, 0) is 6.37 Å². The Labute approximate surface area is 125 Å². The van der Waals surface area contributed by atoms with Crippen LogP contribution in [0.25, 0.3) is 33.1 Å². The quantitative estimate of drug-likeness (QED) is 0.502. The molecule has 0 saturated heterocycles. The van der Waals surface area contributed by atoms with E-state index in [9.17, 15) is 0 Å². The first-order chi connectivity index (χ1) is 11.0. The van der Waals surface area contributed by atoms with Crippen LogP contribution in [0.5, 0.6) is 0 Å². The monoisotopic (exact) mass is 275 g/mol. The Kier molecular flexibility index (Phi) is 2.29. The van der Waals surface area contributed by atoms with Gasteiger partial charge in [-0.05, 0) is 23.6 Å². The number of rotatable bonds is 2. The smallest absolute Gasteiger partial charge is 0.153 e. The van der Waals surface area contributed by atoms with Crippen molar-refractivity contribution in [3.8, 4) is 11.1 Å². The van der Waals surface area contributed by atoms with E-state index in [-0.39, 0.29) is 0 Å². The van der Waals surface area contributed by atoms with E-state index >= 15 is 0 Å². The second-order valence-corrected chi connectivity index (χ2v) is 4.98. The highest BCUT2D eigenvalue weighted by molar-refractivity contribution is 6.09. The number of furan rings is 1. The predicted octanol–water partition coefficient (Wildman–Crippen LogP) is 5.21. The highest BCUT2D eigenvalue weighted by Gasteiger charge is 2.11. The predicted molar refractivity (Wildman–Crippen MR) is 86.3 cm³/mol. The molecule has 2 aromatic heterocycles. The van der Waals surface area contributed by atoms with Crippen molar-refractivity contribution in [3.05, 3.63) is 66.5 Å². The molecular weight excluding hydrogens is 258 g/mol. The summed E-state index contributed by atoms with van der Waals surface area (Å²) in [5.74, 6) is 0. The van der Waals surface area contributed by atoms with Crippen LogP contribution < -0.4 is 0 Å². The lowest BCUT2D eigenvalue weighted by Crippen LogP contribution is -1.82. The Morgan fingerprint density at radius 2 is 1.90 bits per heavy atom. The normalized spacial score (nSPS) is 13.4. The first-order valence-electron chi connectivity index (χ1n) is 7.90. The maximum absolute atomic E-state index is 7.79. The molecule has 0 unspecified atom stereocenters. The number of aromatic nitrogens is 1. The molecule has 0 aliphatic rings. The van der Waals surface area contributed by atoms with E-state index in [0.717, 1.165) is 33.1 Å². The Morgan fingerprint density at radius 3 is 2.71 bits per heavy atom. The number of aryl methyl sites for hydroxylation is 1. The Balaban J connectivity index is 1.92. The SMILES string of the molecule is [2H]C([2H])(C)c1ccc(-c2cccc3c2oc2cnccc23)cc1. The van der Waals surface area contributed by atoms with Crippen molar-refractivity contribution in [2.24, 2.45) is 0 Å². The Hall–Kier alpha value is -2.61. The molecule has 0 fully saturated rings. The number of fused-ring (bicyclic) bond motifs is 3. The van der Waals surface area contributed by atoms with Crippen molar-refractivity contribution < 1.29 is 7.16 Å². The van der Waals surface area contributed by atoms with Crippen LogP contribution in [0, 0.1) is 0 Å². The van der Waals surface area contributed by atoms with E-state index in [1.165, 1.54) is 0 Å². The molecule has 0 radical (unpaired) electrons. The molecular formula is C19H15NO. The lowest BCUT2D eigenvalue weighted by atomic mass is 10.0. The summed E-state index contributed by atoms with van der Waals surface area (Å²) in [4.78, 5) is 4.11. The molecule has 0 amide bonds. The fraction of sp³-hybridized carbons (Fsp3) is 0.105. The molecule has 2 heterocycles.